The summed E-state index contributed by atoms with van der Waals surface area (Å²) in [6, 6.07) is 3.00. The van der Waals surface area contributed by atoms with E-state index in [4.69, 9.17) is 4.74 Å². The molecule has 2 atom stereocenters. The number of nitrogens with one attached hydrogen (secondary N) is 1. The Labute approximate surface area is 137 Å². The predicted molar refractivity (Wildman–Crippen MR) is 88.2 cm³/mol. The van der Waals surface area contributed by atoms with Gasteiger partial charge in [0.05, 0.1) is 29.6 Å². The fourth-order valence-electron chi connectivity index (χ4n) is 2.67. The van der Waals surface area contributed by atoms with E-state index in [2.05, 4.69) is 10.3 Å². The average Bonchev–Trinajstić information content (AvgIpc) is 2.87. The zero-order valence-electron chi connectivity index (χ0n) is 12.4. The second kappa shape index (κ2) is 6.00. The Hall–Kier alpha value is -1.41. The van der Waals surface area contributed by atoms with Crippen LogP contribution in [0.25, 0.3) is 0 Å². The zero-order chi connectivity index (χ0) is 15.7. The molecule has 2 saturated heterocycles. The standard InChI is InChI=1S/C14H17N3O3S2/c1-14-8-21-7-12(18)17(14)10(6-22-14)13(19)16-9-3-4-11(20-2)15-5-9/h3-5,10H,6-8H2,1-2H3,(H,16,19)/t10-,14-/m1/s1. The van der Waals surface area contributed by atoms with Crippen LogP contribution in [0.1, 0.15) is 6.92 Å². The normalized spacial score (nSPS) is 27.5. The molecule has 118 valence electrons. The maximum Gasteiger partial charge on any atom is 0.248 e. The molecule has 0 bridgehead atoms. The predicted octanol–water partition coefficient (Wildman–Crippen LogP) is 1.44. The molecule has 1 N–H and O–H groups in total. The number of aromatic nitrogens is 1. The lowest BCUT2D eigenvalue weighted by Gasteiger charge is -2.40. The smallest absolute Gasteiger partial charge is 0.248 e. The van der Waals surface area contributed by atoms with Gasteiger partial charge in [-0.25, -0.2) is 4.98 Å². The molecule has 2 aliphatic rings. The van der Waals surface area contributed by atoms with Crippen LogP contribution in [-0.4, -0.2) is 57.0 Å². The molecule has 0 radical (unpaired) electrons. The average molecular weight is 339 g/mol. The van der Waals surface area contributed by atoms with Gasteiger partial charge in [0.1, 0.15) is 6.04 Å². The van der Waals surface area contributed by atoms with E-state index in [-0.39, 0.29) is 16.7 Å². The van der Waals surface area contributed by atoms with Crippen molar-refractivity contribution in [2.75, 3.05) is 29.7 Å². The molecule has 3 rings (SSSR count). The molecule has 2 aliphatic heterocycles. The zero-order valence-corrected chi connectivity index (χ0v) is 14.0. The van der Waals surface area contributed by atoms with Gasteiger partial charge in [0.15, 0.2) is 0 Å². The third kappa shape index (κ3) is 2.77. The van der Waals surface area contributed by atoms with Crippen LogP contribution in [0, 0.1) is 0 Å². The number of amides is 2. The second-order valence-corrected chi connectivity index (χ2v) is 7.82. The van der Waals surface area contributed by atoms with Gasteiger partial charge in [0, 0.05) is 17.6 Å². The highest BCUT2D eigenvalue weighted by Gasteiger charge is 2.51. The third-order valence-corrected chi connectivity index (χ3v) is 6.60. The Morgan fingerprint density at radius 3 is 3.05 bits per heavy atom. The first-order chi connectivity index (χ1) is 10.5. The first kappa shape index (κ1) is 15.5. The molecule has 1 aromatic heterocycles. The van der Waals surface area contributed by atoms with Gasteiger partial charge >= 0.3 is 0 Å². The maximum atomic E-state index is 12.5. The van der Waals surface area contributed by atoms with E-state index < -0.39 is 6.04 Å². The Kier molecular flexibility index (Phi) is 4.22. The van der Waals surface area contributed by atoms with E-state index in [0.717, 1.165) is 5.75 Å². The minimum atomic E-state index is -0.425. The monoisotopic (exact) mass is 339 g/mol. The molecule has 1 aromatic rings. The molecule has 2 amide bonds. The van der Waals surface area contributed by atoms with Crippen LogP contribution in [0.15, 0.2) is 18.3 Å². The van der Waals surface area contributed by atoms with Crippen LogP contribution < -0.4 is 10.1 Å². The summed E-state index contributed by atoms with van der Waals surface area (Å²) < 4.78 is 4.99. The highest BCUT2D eigenvalue weighted by Crippen LogP contribution is 2.44. The van der Waals surface area contributed by atoms with E-state index in [0.29, 0.717) is 23.1 Å². The number of hydrogen-bond donors (Lipinski definition) is 1. The molecular formula is C14H17N3O3S2. The van der Waals surface area contributed by atoms with Crippen LogP contribution in [0.3, 0.4) is 0 Å². The number of nitrogens with zero attached hydrogens (tertiary/aromatic N) is 2. The molecule has 8 heteroatoms. The summed E-state index contributed by atoms with van der Waals surface area (Å²) in [6.07, 6.45) is 1.55. The molecule has 22 heavy (non-hydrogen) atoms. The van der Waals surface area contributed by atoms with Crippen molar-refractivity contribution in [3.05, 3.63) is 18.3 Å². The first-order valence-corrected chi connectivity index (χ1v) is 9.02. The SMILES string of the molecule is COc1ccc(NC(=O)[C@H]2CS[C@]3(C)CSCC(=O)N23)cn1. The van der Waals surface area contributed by atoms with Crippen molar-refractivity contribution in [2.45, 2.75) is 17.8 Å². The van der Waals surface area contributed by atoms with Crippen molar-refractivity contribution in [2.24, 2.45) is 0 Å². The molecule has 0 saturated carbocycles. The molecular weight excluding hydrogens is 322 g/mol. The molecule has 0 unspecified atom stereocenters. The van der Waals surface area contributed by atoms with E-state index >= 15 is 0 Å². The molecule has 0 spiro atoms. The summed E-state index contributed by atoms with van der Waals surface area (Å²) in [5.41, 5.74) is 0.600. The number of carbonyl (C=O) groups is 2. The van der Waals surface area contributed by atoms with Crippen LogP contribution in [-0.2, 0) is 9.59 Å². The molecule has 0 aliphatic carbocycles. The highest BCUT2D eigenvalue weighted by molar-refractivity contribution is 8.04. The van der Waals surface area contributed by atoms with Gasteiger partial charge in [-0.15, -0.1) is 23.5 Å². The number of methoxy groups -OCH3 is 1. The van der Waals surface area contributed by atoms with Crippen molar-refractivity contribution in [1.29, 1.82) is 0 Å². The van der Waals surface area contributed by atoms with Gasteiger partial charge < -0.3 is 15.0 Å². The minimum Gasteiger partial charge on any atom is -0.481 e. The molecule has 0 aromatic carbocycles. The lowest BCUT2D eigenvalue weighted by Crippen LogP contribution is -2.56. The maximum absolute atomic E-state index is 12.5. The fraction of sp³-hybridized carbons (Fsp3) is 0.500. The molecule has 3 heterocycles. The largest absolute Gasteiger partial charge is 0.481 e. The van der Waals surface area contributed by atoms with Crippen molar-refractivity contribution in [3.63, 3.8) is 0 Å². The third-order valence-electron chi connectivity index (χ3n) is 3.75. The lowest BCUT2D eigenvalue weighted by molar-refractivity contribution is -0.138. The van der Waals surface area contributed by atoms with Gasteiger partial charge in [0.2, 0.25) is 17.7 Å². The van der Waals surface area contributed by atoms with E-state index in [1.54, 1.807) is 46.8 Å². The number of thioether (sulfide) groups is 2. The van der Waals surface area contributed by atoms with E-state index in [1.165, 1.54) is 7.11 Å². The Balaban J connectivity index is 1.73. The summed E-state index contributed by atoms with van der Waals surface area (Å²) in [4.78, 5) is 30.3. The Bertz CT molecular complexity index is 596. The van der Waals surface area contributed by atoms with Gasteiger partial charge in [-0.3, -0.25) is 9.59 Å². The van der Waals surface area contributed by atoms with E-state index in [1.807, 2.05) is 6.92 Å². The Morgan fingerprint density at radius 1 is 1.55 bits per heavy atom. The number of pyridine rings is 1. The quantitative estimate of drug-likeness (QED) is 0.898. The second-order valence-electron chi connectivity index (χ2n) is 5.34. The number of fused-ring (bicyclic) bond motifs is 1. The number of rotatable bonds is 3. The lowest BCUT2D eigenvalue weighted by atomic mass is 10.2. The van der Waals surface area contributed by atoms with Crippen LogP contribution in [0.5, 0.6) is 5.88 Å². The van der Waals surface area contributed by atoms with Crippen molar-refractivity contribution >= 4 is 41.0 Å². The van der Waals surface area contributed by atoms with Crippen LogP contribution >= 0.6 is 23.5 Å². The van der Waals surface area contributed by atoms with Crippen molar-refractivity contribution < 1.29 is 14.3 Å². The summed E-state index contributed by atoms with van der Waals surface area (Å²) in [6.45, 7) is 2.03. The van der Waals surface area contributed by atoms with Gasteiger partial charge in [-0.2, -0.15) is 0 Å². The minimum absolute atomic E-state index is 0.0387. The Morgan fingerprint density at radius 2 is 2.36 bits per heavy atom. The fourth-order valence-corrected chi connectivity index (χ4v) is 5.37. The van der Waals surface area contributed by atoms with Gasteiger partial charge in [-0.1, -0.05) is 0 Å². The van der Waals surface area contributed by atoms with Crippen molar-refractivity contribution in [1.82, 2.24) is 9.88 Å². The highest BCUT2D eigenvalue weighted by atomic mass is 32.2. The van der Waals surface area contributed by atoms with Gasteiger partial charge in [-0.05, 0) is 13.0 Å². The number of anilines is 1. The number of hydrogen-bond acceptors (Lipinski definition) is 6. The summed E-state index contributed by atoms with van der Waals surface area (Å²) >= 11 is 3.31. The van der Waals surface area contributed by atoms with Gasteiger partial charge in [0.25, 0.3) is 0 Å². The number of carbonyl (C=O) groups excluding carboxylic acids is 2. The summed E-state index contributed by atoms with van der Waals surface area (Å²) in [5, 5.41) is 2.83. The number of ether oxygens (including phenoxy) is 1. The molecule has 2 fully saturated rings. The first-order valence-electron chi connectivity index (χ1n) is 6.88. The van der Waals surface area contributed by atoms with Crippen LogP contribution in [0.4, 0.5) is 5.69 Å². The summed E-state index contributed by atoms with van der Waals surface area (Å²) in [7, 11) is 1.54. The topological polar surface area (TPSA) is 71.5 Å². The molecule has 6 nitrogen and oxygen atoms in total. The van der Waals surface area contributed by atoms with Crippen molar-refractivity contribution in [3.8, 4) is 5.88 Å². The summed E-state index contributed by atoms with van der Waals surface area (Å²) in [5.74, 6) is 2.30. The van der Waals surface area contributed by atoms with Crippen LogP contribution in [0.2, 0.25) is 0 Å². The van der Waals surface area contributed by atoms with E-state index in [9.17, 15) is 9.59 Å².